The highest BCUT2D eigenvalue weighted by Gasteiger charge is 2.23. The Kier molecular flexibility index (Phi) is 4.65. The van der Waals surface area contributed by atoms with E-state index in [0.29, 0.717) is 18.7 Å². The van der Waals surface area contributed by atoms with Gasteiger partial charge in [0.1, 0.15) is 0 Å². The molecule has 5 heteroatoms. The lowest BCUT2D eigenvalue weighted by molar-refractivity contribution is -0.129. The van der Waals surface area contributed by atoms with Crippen LogP contribution in [0, 0.1) is 0 Å². The number of carbonyl (C=O) groups is 2. The molecule has 2 rings (SSSR count). The molecule has 0 unspecified atom stereocenters. The zero-order valence-corrected chi connectivity index (χ0v) is 10.8. The maximum absolute atomic E-state index is 11.8. The summed E-state index contributed by atoms with van der Waals surface area (Å²) < 4.78 is 0. The van der Waals surface area contributed by atoms with Gasteiger partial charge in [-0.15, -0.1) is 0 Å². The Morgan fingerprint density at radius 2 is 2.00 bits per heavy atom. The summed E-state index contributed by atoms with van der Waals surface area (Å²) in [4.78, 5) is 25.3. The molecule has 1 heterocycles. The van der Waals surface area contributed by atoms with Gasteiger partial charge in [-0.1, -0.05) is 30.3 Å². The zero-order valence-electron chi connectivity index (χ0n) is 10.8. The van der Waals surface area contributed by atoms with Gasteiger partial charge in [-0.05, 0) is 6.42 Å². The highest BCUT2D eigenvalue weighted by atomic mass is 16.2. The Hall–Kier alpha value is -1.72. The minimum absolute atomic E-state index is 0.00785. The number of Topliss-reactive ketones (excluding diaryl/α,β-unsaturated/α-hetero) is 1. The Balaban J connectivity index is 1.72. The standard InChI is InChI=1S/C14H19N3O2/c15-12-6-7-17(10-12)14(19)9-16-8-13(18)11-4-2-1-3-5-11/h1-5,12,16H,6-10,15H2/t12-/m0/s1. The highest BCUT2D eigenvalue weighted by molar-refractivity contribution is 5.97. The van der Waals surface area contributed by atoms with Gasteiger partial charge in [0.25, 0.3) is 0 Å². The van der Waals surface area contributed by atoms with Gasteiger partial charge in [0.15, 0.2) is 5.78 Å². The topological polar surface area (TPSA) is 75.4 Å². The van der Waals surface area contributed by atoms with Crippen LogP contribution in [0.3, 0.4) is 0 Å². The molecule has 1 atom stereocenters. The Labute approximate surface area is 112 Å². The summed E-state index contributed by atoms with van der Waals surface area (Å²) in [6.07, 6.45) is 0.856. The fourth-order valence-corrected chi connectivity index (χ4v) is 2.13. The van der Waals surface area contributed by atoms with Crippen LogP contribution in [0.5, 0.6) is 0 Å². The number of nitrogens with one attached hydrogen (secondary N) is 1. The zero-order chi connectivity index (χ0) is 13.7. The van der Waals surface area contributed by atoms with Gasteiger partial charge in [-0.3, -0.25) is 9.59 Å². The number of nitrogens with two attached hydrogens (primary N) is 1. The van der Waals surface area contributed by atoms with Crippen molar-refractivity contribution in [2.75, 3.05) is 26.2 Å². The monoisotopic (exact) mass is 261 g/mol. The summed E-state index contributed by atoms with van der Waals surface area (Å²) >= 11 is 0. The third-order valence-electron chi connectivity index (χ3n) is 3.23. The van der Waals surface area contributed by atoms with Crippen molar-refractivity contribution < 1.29 is 9.59 Å². The summed E-state index contributed by atoms with van der Waals surface area (Å²) in [5.74, 6) is 0.000310. The third kappa shape index (κ3) is 3.87. The minimum Gasteiger partial charge on any atom is -0.340 e. The SMILES string of the molecule is N[C@H]1CCN(C(=O)CNCC(=O)c2ccccc2)C1. The van der Waals surface area contributed by atoms with Crippen LogP contribution >= 0.6 is 0 Å². The van der Waals surface area contributed by atoms with Crippen LogP contribution in [-0.2, 0) is 4.79 Å². The Bertz CT molecular complexity index is 447. The van der Waals surface area contributed by atoms with Crippen LogP contribution in [0.15, 0.2) is 30.3 Å². The number of amides is 1. The quantitative estimate of drug-likeness (QED) is 0.733. The molecule has 1 aliphatic heterocycles. The normalized spacial score (nSPS) is 18.6. The van der Waals surface area contributed by atoms with E-state index in [9.17, 15) is 9.59 Å². The van der Waals surface area contributed by atoms with Gasteiger partial charge in [-0.2, -0.15) is 0 Å². The van der Waals surface area contributed by atoms with Crippen molar-refractivity contribution in [1.29, 1.82) is 0 Å². The number of rotatable bonds is 5. The molecule has 0 radical (unpaired) electrons. The van der Waals surface area contributed by atoms with Crippen molar-refractivity contribution in [2.45, 2.75) is 12.5 Å². The molecule has 0 saturated carbocycles. The van der Waals surface area contributed by atoms with E-state index in [1.807, 2.05) is 18.2 Å². The summed E-state index contributed by atoms with van der Waals surface area (Å²) in [6, 6.07) is 9.14. The van der Waals surface area contributed by atoms with Crippen LogP contribution < -0.4 is 11.1 Å². The molecule has 19 heavy (non-hydrogen) atoms. The lowest BCUT2D eigenvalue weighted by Crippen LogP contribution is -2.39. The number of likely N-dealkylation sites (tertiary alicyclic amines) is 1. The molecular weight excluding hydrogens is 242 g/mol. The number of hydrogen-bond acceptors (Lipinski definition) is 4. The first-order valence-electron chi connectivity index (χ1n) is 6.49. The summed E-state index contributed by atoms with van der Waals surface area (Å²) in [5, 5.41) is 2.89. The molecule has 1 aromatic rings. The van der Waals surface area contributed by atoms with E-state index in [1.165, 1.54) is 0 Å². The maximum Gasteiger partial charge on any atom is 0.236 e. The van der Waals surface area contributed by atoms with E-state index in [0.717, 1.165) is 6.42 Å². The van der Waals surface area contributed by atoms with Gasteiger partial charge in [0.2, 0.25) is 5.91 Å². The van der Waals surface area contributed by atoms with Crippen molar-refractivity contribution >= 4 is 11.7 Å². The number of carbonyl (C=O) groups excluding carboxylic acids is 2. The summed E-state index contributed by atoms with van der Waals surface area (Å²) in [5.41, 5.74) is 6.41. The van der Waals surface area contributed by atoms with E-state index in [1.54, 1.807) is 17.0 Å². The molecular formula is C14H19N3O2. The van der Waals surface area contributed by atoms with Crippen LogP contribution in [0.25, 0.3) is 0 Å². The predicted molar refractivity (Wildman–Crippen MR) is 72.8 cm³/mol. The third-order valence-corrected chi connectivity index (χ3v) is 3.23. The van der Waals surface area contributed by atoms with E-state index >= 15 is 0 Å². The molecule has 0 aromatic heterocycles. The lowest BCUT2D eigenvalue weighted by atomic mass is 10.1. The number of nitrogens with zero attached hydrogens (tertiary/aromatic N) is 1. The van der Waals surface area contributed by atoms with Crippen molar-refractivity contribution in [1.82, 2.24) is 10.2 Å². The second-order valence-electron chi connectivity index (χ2n) is 4.78. The molecule has 0 aliphatic carbocycles. The molecule has 102 valence electrons. The van der Waals surface area contributed by atoms with Gasteiger partial charge in [0.05, 0.1) is 13.1 Å². The molecule has 1 aliphatic rings. The largest absolute Gasteiger partial charge is 0.340 e. The van der Waals surface area contributed by atoms with Crippen LogP contribution in [-0.4, -0.2) is 48.8 Å². The molecule has 5 nitrogen and oxygen atoms in total. The van der Waals surface area contributed by atoms with Crippen LogP contribution in [0.1, 0.15) is 16.8 Å². The second kappa shape index (κ2) is 6.45. The molecule has 0 spiro atoms. The maximum atomic E-state index is 11.8. The number of ketones is 1. The second-order valence-corrected chi connectivity index (χ2v) is 4.78. The summed E-state index contributed by atoms with van der Waals surface area (Å²) in [7, 11) is 0. The minimum atomic E-state index is -0.00785. The first-order valence-corrected chi connectivity index (χ1v) is 6.49. The number of benzene rings is 1. The van der Waals surface area contributed by atoms with Crippen LogP contribution in [0.2, 0.25) is 0 Å². The smallest absolute Gasteiger partial charge is 0.236 e. The van der Waals surface area contributed by atoms with E-state index in [4.69, 9.17) is 5.73 Å². The van der Waals surface area contributed by atoms with Crippen molar-refractivity contribution in [3.63, 3.8) is 0 Å². The first-order chi connectivity index (χ1) is 9.16. The van der Waals surface area contributed by atoms with E-state index < -0.39 is 0 Å². The van der Waals surface area contributed by atoms with Crippen LogP contribution in [0.4, 0.5) is 0 Å². The molecule has 0 bridgehead atoms. The van der Waals surface area contributed by atoms with Crippen molar-refractivity contribution in [3.8, 4) is 0 Å². The first kappa shape index (κ1) is 13.7. The molecule has 1 saturated heterocycles. The number of hydrogen-bond donors (Lipinski definition) is 2. The van der Waals surface area contributed by atoms with Gasteiger partial charge in [0, 0.05) is 24.7 Å². The Morgan fingerprint density at radius 1 is 1.26 bits per heavy atom. The molecule has 1 amide bonds. The average molecular weight is 261 g/mol. The molecule has 3 N–H and O–H groups in total. The predicted octanol–water partition coefficient (Wildman–Crippen LogP) is 0.0185. The average Bonchev–Trinajstić information content (AvgIpc) is 2.86. The fraction of sp³-hybridized carbons (Fsp3) is 0.429. The van der Waals surface area contributed by atoms with E-state index in [-0.39, 0.29) is 30.8 Å². The highest BCUT2D eigenvalue weighted by Crippen LogP contribution is 2.06. The molecule has 1 fully saturated rings. The Morgan fingerprint density at radius 3 is 2.63 bits per heavy atom. The summed E-state index contributed by atoms with van der Waals surface area (Å²) in [6.45, 7) is 1.70. The van der Waals surface area contributed by atoms with Crippen molar-refractivity contribution in [2.24, 2.45) is 5.73 Å². The van der Waals surface area contributed by atoms with Gasteiger partial charge >= 0.3 is 0 Å². The van der Waals surface area contributed by atoms with Gasteiger partial charge in [-0.25, -0.2) is 0 Å². The molecule has 1 aromatic carbocycles. The van der Waals surface area contributed by atoms with Crippen molar-refractivity contribution in [3.05, 3.63) is 35.9 Å². The lowest BCUT2D eigenvalue weighted by Gasteiger charge is -2.15. The fourth-order valence-electron chi connectivity index (χ4n) is 2.13. The van der Waals surface area contributed by atoms with E-state index in [2.05, 4.69) is 5.32 Å². The van der Waals surface area contributed by atoms with Gasteiger partial charge < -0.3 is 16.0 Å².